The van der Waals surface area contributed by atoms with Crippen molar-refractivity contribution in [1.29, 1.82) is 0 Å². The molecule has 1 aliphatic rings. The molecule has 2 N–H and O–H groups in total. The highest BCUT2D eigenvalue weighted by Gasteiger charge is 2.14. The molecular weight excluding hydrogens is 148 g/mol. The fourth-order valence-corrected chi connectivity index (χ4v) is 0.845. The first-order valence-electron chi connectivity index (χ1n) is 3.68. The lowest BCUT2D eigenvalue weighted by Gasteiger charge is -2.34. The van der Waals surface area contributed by atoms with Crippen LogP contribution in [0.2, 0.25) is 0 Å². The van der Waals surface area contributed by atoms with Crippen LogP contribution in [0.4, 0.5) is 0 Å². The Morgan fingerprint density at radius 2 is 1.82 bits per heavy atom. The van der Waals surface area contributed by atoms with Crippen molar-refractivity contribution in [3.05, 3.63) is 0 Å². The molecule has 0 amide bonds. The number of hydrazine groups is 3. The summed E-state index contributed by atoms with van der Waals surface area (Å²) in [5.74, 6) is 0. The number of rotatable bonds is 3. The second-order valence-corrected chi connectivity index (χ2v) is 2.04. The van der Waals surface area contributed by atoms with E-state index in [4.69, 9.17) is 9.68 Å². The number of hydrogen-bond acceptors (Lipinski definition) is 6. The van der Waals surface area contributed by atoms with Gasteiger partial charge >= 0.3 is 0 Å². The van der Waals surface area contributed by atoms with Gasteiger partial charge in [0.2, 0.25) is 0 Å². The molecule has 0 radical (unpaired) electrons. The molecule has 0 atom stereocenters. The largest absolute Gasteiger partial charge is 0.254 e. The molecule has 0 aromatic heterocycles. The summed E-state index contributed by atoms with van der Waals surface area (Å²) in [7, 11) is 0. The van der Waals surface area contributed by atoms with Crippen LogP contribution in [0.15, 0.2) is 0 Å². The molecule has 66 valence electrons. The second-order valence-electron chi connectivity index (χ2n) is 2.04. The van der Waals surface area contributed by atoms with Gasteiger partial charge in [0.05, 0.1) is 0 Å². The van der Waals surface area contributed by atoms with E-state index in [2.05, 4.69) is 11.2 Å². The maximum absolute atomic E-state index is 4.82. The average Bonchev–Trinajstić information content (AvgIpc) is 2.09. The zero-order valence-corrected chi connectivity index (χ0v) is 6.83. The van der Waals surface area contributed by atoms with Crippen molar-refractivity contribution >= 4 is 0 Å². The lowest BCUT2D eigenvalue weighted by atomic mass is 10.6. The van der Waals surface area contributed by atoms with E-state index in [-0.39, 0.29) is 6.79 Å². The molecule has 1 fully saturated rings. The van der Waals surface area contributed by atoms with Crippen molar-refractivity contribution in [3.63, 3.8) is 0 Å². The van der Waals surface area contributed by atoms with Gasteiger partial charge in [0.25, 0.3) is 0 Å². The number of nitrogens with one attached hydrogen (secondary N) is 2. The van der Waals surface area contributed by atoms with Gasteiger partial charge in [-0.2, -0.15) is 0 Å². The SMILES string of the molecule is CCN(CC)N1NOCON1. The minimum absolute atomic E-state index is 0.206. The summed E-state index contributed by atoms with van der Waals surface area (Å²) in [6.45, 7) is 6.05. The van der Waals surface area contributed by atoms with Gasteiger partial charge in [-0.1, -0.05) is 19.1 Å². The highest BCUT2D eigenvalue weighted by molar-refractivity contribution is 4.39. The van der Waals surface area contributed by atoms with Gasteiger partial charge in [-0.05, 0) is 0 Å². The predicted molar refractivity (Wildman–Crippen MR) is 38.1 cm³/mol. The lowest BCUT2D eigenvalue weighted by Crippen LogP contribution is -2.61. The maximum atomic E-state index is 4.82. The van der Waals surface area contributed by atoms with E-state index in [9.17, 15) is 0 Å². The summed E-state index contributed by atoms with van der Waals surface area (Å²) in [6, 6.07) is 0. The van der Waals surface area contributed by atoms with Crippen molar-refractivity contribution < 1.29 is 9.68 Å². The average molecular weight is 162 g/mol. The maximum Gasteiger partial charge on any atom is 0.190 e. The Balaban J connectivity index is 2.30. The Kier molecular flexibility index (Phi) is 3.70. The second kappa shape index (κ2) is 4.60. The summed E-state index contributed by atoms with van der Waals surface area (Å²) in [4.78, 5) is 9.63. The van der Waals surface area contributed by atoms with Gasteiger partial charge in [-0.25, -0.2) is 5.01 Å². The van der Waals surface area contributed by atoms with Crippen molar-refractivity contribution in [1.82, 2.24) is 21.4 Å². The molecule has 0 aromatic carbocycles. The zero-order valence-electron chi connectivity index (χ0n) is 6.83. The van der Waals surface area contributed by atoms with Crippen LogP contribution in [0, 0.1) is 0 Å². The Morgan fingerprint density at radius 3 is 2.27 bits per heavy atom. The summed E-state index contributed by atoms with van der Waals surface area (Å²) >= 11 is 0. The highest BCUT2D eigenvalue weighted by atomic mass is 16.9. The van der Waals surface area contributed by atoms with E-state index in [0.717, 1.165) is 13.1 Å². The Morgan fingerprint density at radius 1 is 1.27 bits per heavy atom. The highest BCUT2D eigenvalue weighted by Crippen LogP contribution is 1.93. The molecule has 0 bridgehead atoms. The van der Waals surface area contributed by atoms with Crippen LogP contribution in [-0.4, -0.2) is 30.1 Å². The Hall–Kier alpha value is -0.240. The van der Waals surface area contributed by atoms with Gasteiger partial charge in [0, 0.05) is 13.1 Å². The van der Waals surface area contributed by atoms with Crippen molar-refractivity contribution in [3.8, 4) is 0 Å². The molecule has 0 spiro atoms. The minimum Gasteiger partial charge on any atom is -0.254 e. The normalized spacial score (nSPS) is 21.0. The van der Waals surface area contributed by atoms with Gasteiger partial charge in [0.1, 0.15) is 0 Å². The van der Waals surface area contributed by atoms with Crippen molar-refractivity contribution in [2.45, 2.75) is 13.8 Å². The van der Waals surface area contributed by atoms with Gasteiger partial charge in [0.15, 0.2) is 6.79 Å². The summed E-state index contributed by atoms with van der Waals surface area (Å²) in [5.41, 5.74) is 5.29. The van der Waals surface area contributed by atoms with Gasteiger partial charge < -0.3 is 0 Å². The fraction of sp³-hybridized carbons (Fsp3) is 1.00. The fourth-order valence-electron chi connectivity index (χ4n) is 0.845. The molecular formula is C5H14N4O2. The van der Waals surface area contributed by atoms with Crippen LogP contribution in [-0.2, 0) is 9.68 Å². The van der Waals surface area contributed by atoms with Crippen LogP contribution >= 0.6 is 0 Å². The summed E-state index contributed by atoms with van der Waals surface area (Å²) in [5, 5.41) is 3.53. The van der Waals surface area contributed by atoms with Gasteiger partial charge in [-0.3, -0.25) is 9.68 Å². The third-order valence-corrected chi connectivity index (χ3v) is 1.43. The molecule has 11 heavy (non-hydrogen) atoms. The molecule has 1 rings (SSSR count). The topological polar surface area (TPSA) is 49.0 Å². The molecule has 0 aromatic rings. The van der Waals surface area contributed by atoms with Crippen LogP contribution in [0.3, 0.4) is 0 Å². The first-order chi connectivity index (χ1) is 5.38. The van der Waals surface area contributed by atoms with Crippen molar-refractivity contribution in [2.24, 2.45) is 0 Å². The predicted octanol–water partition coefficient (Wildman–Crippen LogP) is -0.611. The third-order valence-electron chi connectivity index (χ3n) is 1.43. The van der Waals surface area contributed by atoms with Crippen LogP contribution in [0.5, 0.6) is 0 Å². The third kappa shape index (κ3) is 2.37. The molecule has 0 aliphatic carbocycles. The first-order valence-corrected chi connectivity index (χ1v) is 3.68. The van der Waals surface area contributed by atoms with E-state index < -0.39 is 0 Å². The standard InChI is InChI=1S/C5H14N4O2/c1-3-8(4-2)9-6-10-5-11-7-9/h6-7H,3-5H2,1-2H3. The first kappa shape index (κ1) is 8.85. The number of hydrogen-bond donors (Lipinski definition) is 2. The van der Waals surface area contributed by atoms with Gasteiger partial charge in [-0.15, -0.1) is 11.2 Å². The monoisotopic (exact) mass is 162 g/mol. The van der Waals surface area contributed by atoms with E-state index in [0.29, 0.717) is 0 Å². The smallest absolute Gasteiger partial charge is 0.190 e. The Bertz CT molecular complexity index is 103. The molecule has 1 heterocycles. The molecule has 1 saturated heterocycles. The van der Waals surface area contributed by atoms with Crippen molar-refractivity contribution in [2.75, 3.05) is 19.9 Å². The molecule has 6 heteroatoms. The lowest BCUT2D eigenvalue weighted by molar-refractivity contribution is -0.365. The summed E-state index contributed by atoms with van der Waals surface area (Å²) < 4.78 is 0. The molecule has 0 saturated carbocycles. The van der Waals surface area contributed by atoms with E-state index in [1.165, 1.54) is 0 Å². The summed E-state index contributed by atoms with van der Waals surface area (Å²) in [6.07, 6.45) is 0. The van der Waals surface area contributed by atoms with E-state index in [1.807, 2.05) is 18.9 Å². The van der Waals surface area contributed by atoms with Crippen LogP contribution in [0.25, 0.3) is 0 Å². The quantitative estimate of drug-likeness (QED) is 0.577. The minimum atomic E-state index is 0.206. The van der Waals surface area contributed by atoms with E-state index in [1.54, 1.807) is 5.23 Å². The number of nitrogens with zero attached hydrogens (tertiary/aromatic N) is 2. The molecule has 1 aliphatic heterocycles. The Labute approximate surface area is 65.9 Å². The zero-order chi connectivity index (χ0) is 8.10. The van der Waals surface area contributed by atoms with Crippen LogP contribution < -0.4 is 11.2 Å². The molecule has 6 nitrogen and oxygen atoms in total. The molecule has 0 unspecified atom stereocenters. The van der Waals surface area contributed by atoms with Crippen LogP contribution in [0.1, 0.15) is 13.8 Å². The van der Waals surface area contributed by atoms with E-state index >= 15 is 0 Å².